The van der Waals surface area contributed by atoms with Crippen LogP contribution < -0.4 is 4.83 Å². The van der Waals surface area contributed by atoms with E-state index in [1.54, 1.807) is 24.3 Å². The molecule has 1 N–H and O–H groups in total. The summed E-state index contributed by atoms with van der Waals surface area (Å²) in [5.41, 5.74) is 1.04. The first kappa shape index (κ1) is 13.3. The fraction of sp³-hybridized carbons (Fsp3) is 0.562. The van der Waals surface area contributed by atoms with Crippen molar-refractivity contribution in [2.24, 2.45) is 34.7 Å². The molecule has 0 radical (unpaired) electrons. The molecule has 4 nitrogen and oxygen atoms in total. The molecule has 1 unspecified atom stereocenters. The van der Waals surface area contributed by atoms with E-state index in [1.165, 1.54) is 19.3 Å². The summed E-state index contributed by atoms with van der Waals surface area (Å²) in [5, 5.41) is 4.02. The molecule has 4 rings (SSSR count). The summed E-state index contributed by atoms with van der Waals surface area (Å²) in [4.78, 5) is 2.61. The standard InChI is InChI=1S/C16H20N2O2S/c1-10-2-6-13(7-3-10)21(19,20)18-17-9-14-15-11-4-5-12(8-11)16(14)15/h2-3,6-7,9,11-12,14-16,18H,4-5,8H2,1H3/b17-9+/t11-,12+,14?,15-,16+. The number of fused-ring (bicyclic) bond motifs is 5. The van der Waals surface area contributed by atoms with Crippen LogP contribution in [-0.2, 0) is 10.0 Å². The monoisotopic (exact) mass is 304 g/mol. The molecule has 1 aromatic carbocycles. The minimum atomic E-state index is -3.53. The van der Waals surface area contributed by atoms with Gasteiger partial charge >= 0.3 is 0 Å². The van der Waals surface area contributed by atoms with Crippen LogP contribution in [0.3, 0.4) is 0 Å². The maximum atomic E-state index is 12.1. The minimum Gasteiger partial charge on any atom is -0.200 e. The molecule has 5 heteroatoms. The lowest BCUT2D eigenvalue weighted by molar-refractivity contribution is 0.456. The Bertz CT molecular complexity index is 665. The zero-order valence-electron chi connectivity index (χ0n) is 12.1. The average Bonchev–Trinajstić information content (AvgIpc) is 2.85. The Labute approximate surface area is 125 Å². The van der Waals surface area contributed by atoms with E-state index in [9.17, 15) is 8.42 Å². The molecule has 0 heterocycles. The van der Waals surface area contributed by atoms with Gasteiger partial charge in [-0.3, -0.25) is 0 Å². The zero-order chi connectivity index (χ0) is 14.6. The fourth-order valence-electron chi connectivity index (χ4n) is 4.55. The van der Waals surface area contributed by atoms with Gasteiger partial charge in [-0.1, -0.05) is 17.7 Å². The van der Waals surface area contributed by atoms with E-state index in [1.807, 2.05) is 13.1 Å². The molecule has 112 valence electrons. The second-order valence-corrected chi connectivity index (χ2v) is 8.41. The van der Waals surface area contributed by atoms with Crippen molar-refractivity contribution in [3.63, 3.8) is 0 Å². The number of sulfonamides is 1. The van der Waals surface area contributed by atoms with Crippen molar-refractivity contribution in [1.82, 2.24) is 4.83 Å². The molecule has 0 amide bonds. The summed E-state index contributed by atoms with van der Waals surface area (Å²) in [7, 11) is -3.53. The summed E-state index contributed by atoms with van der Waals surface area (Å²) in [6, 6.07) is 6.81. The van der Waals surface area contributed by atoms with Crippen molar-refractivity contribution in [3.05, 3.63) is 29.8 Å². The highest BCUT2D eigenvalue weighted by atomic mass is 32.2. The lowest BCUT2D eigenvalue weighted by Gasteiger charge is -2.05. The van der Waals surface area contributed by atoms with Gasteiger partial charge in [0.05, 0.1) is 4.90 Å². The molecule has 5 atom stereocenters. The summed E-state index contributed by atoms with van der Waals surface area (Å²) >= 11 is 0. The maximum Gasteiger partial charge on any atom is 0.276 e. The Hall–Kier alpha value is -1.36. The topological polar surface area (TPSA) is 58.5 Å². The van der Waals surface area contributed by atoms with Crippen LogP contribution in [0.4, 0.5) is 0 Å². The Kier molecular flexibility index (Phi) is 2.89. The Morgan fingerprint density at radius 2 is 1.76 bits per heavy atom. The summed E-state index contributed by atoms with van der Waals surface area (Å²) in [6.45, 7) is 1.93. The van der Waals surface area contributed by atoms with Gasteiger partial charge in [-0.05, 0) is 62.0 Å². The third kappa shape index (κ3) is 2.18. The number of aryl methyl sites for hydroxylation is 1. The molecule has 0 spiro atoms. The summed E-state index contributed by atoms with van der Waals surface area (Å²) in [6.07, 6.45) is 5.97. The molecule has 1 aromatic rings. The van der Waals surface area contributed by atoms with Gasteiger partial charge in [0.2, 0.25) is 0 Å². The van der Waals surface area contributed by atoms with Gasteiger partial charge < -0.3 is 0 Å². The lowest BCUT2D eigenvalue weighted by atomic mass is 10.0. The van der Waals surface area contributed by atoms with E-state index in [2.05, 4.69) is 9.93 Å². The van der Waals surface area contributed by atoms with Crippen LogP contribution >= 0.6 is 0 Å². The van der Waals surface area contributed by atoms with Crippen LogP contribution in [0.5, 0.6) is 0 Å². The third-order valence-electron chi connectivity index (χ3n) is 5.55. The lowest BCUT2D eigenvalue weighted by Crippen LogP contribution is -2.18. The molecule has 3 aliphatic carbocycles. The van der Waals surface area contributed by atoms with Gasteiger partial charge in [0.1, 0.15) is 0 Å². The highest BCUT2D eigenvalue weighted by Gasteiger charge is 2.64. The van der Waals surface area contributed by atoms with Crippen LogP contribution in [0, 0.1) is 36.5 Å². The van der Waals surface area contributed by atoms with E-state index >= 15 is 0 Å². The maximum absolute atomic E-state index is 12.1. The minimum absolute atomic E-state index is 0.265. The molecular weight excluding hydrogens is 284 g/mol. The quantitative estimate of drug-likeness (QED) is 0.686. The van der Waals surface area contributed by atoms with Crippen molar-refractivity contribution in [2.75, 3.05) is 0 Å². The molecular formula is C16H20N2O2S. The number of hydrazone groups is 1. The SMILES string of the molecule is Cc1ccc(S(=O)(=O)N/N=C/C2[C@@H]3[C@H]4CC[C@H](C4)[C@H]23)cc1. The van der Waals surface area contributed by atoms with E-state index in [4.69, 9.17) is 0 Å². The molecule has 3 fully saturated rings. The first-order valence-corrected chi connectivity index (χ1v) is 9.16. The smallest absolute Gasteiger partial charge is 0.200 e. The Morgan fingerprint density at radius 1 is 1.14 bits per heavy atom. The van der Waals surface area contributed by atoms with Gasteiger partial charge in [0.25, 0.3) is 10.0 Å². The van der Waals surface area contributed by atoms with E-state index in [0.29, 0.717) is 5.92 Å². The predicted octanol–water partition coefficient (Wildman–Crippen LogP) is 2.55. The molecule has 3 saturated carbocycles. The molecule has 21 heavy (non-hydrogen) atoms. The summed E-state index contributed by atoms with van der Waals surface area (Å²) < 4.78 is 24.2. The molecule has 0 saturated heterocycles. The zero-order valence-corrected chi connectivity index (χ0v) is 12.9. The number of hydrogen-bond donors (Lipinski definition) is 1. The van der Waals surface area contributed by atoms with Gasteiger partial charge in [0, 0.05) is 12.1 Å². The van der Waals surface area contributed by atoms with Crippen molar-refractivity contribution in [3.8, 4) is 0 Å². The first-order chi connectivity index (χ1) is 10.1. The third-order valence-corrected chi connectivity index (χ3v) is 6.78. The number of nitrogens with zero attached hydrogens (tertiary/aromatic N) is 1. The van der Waals surface area contributed by atoms with E-state index < -0.39 is 10.0 Å². The Morgan fingerprint density at radius 3 is 2.38 bits per heavy atom. The second kappa shape index (κ2) is 4.57. The van der Waals surface area contributed by atoms with Crippen LogP contribution in [0.2, 0.25) is 0 Å². The normalized spacial score (nSPS) is 36.9. The van der Waals surface area contributed by atoms with E-state index in [-0.39, 0.29) is 4.90 Å². The van der Waals surface area contributed by atoms with Crippen LogP contribution in [0.25, 0.3) is 0 Å². The highest BCUT2D eigenvalue weighted by molar-refractivity contribution is 7.89. The average molecular weight is 304 g/mol. The van der Waals surface area contributed by atoms with Crippen molar-refractivity contribution in [2.45, 2.75) is 31.1 Å². The predicted molar refractivity (Wildman–Crippen MR) is 81.3 cm³/mol. The molecule has 3 aliphatic rings. The summed E-state index contributed by atoms with van der Waals surface area (Å²) in [5.74, 6) is 3.85. The largest absolute Gasteiger partial charge is 0.276 e. The van der Waals surface area contributed by atoms with Crippen LogP contribution in [0.15, 0.2) is 34.3 Å². The molecule has 0 aromatic heterocycles. The fourth-order valence-corrected chi connectivity index (χ4v) is 5.35. The highest BCUT2D eigenvalue weighted by Crippen LogP contribution is 2.68. The number of hydrogen-bond acceptors (Lipinski definition) is 3. The van der Waals surface area contributed by atoms with Crippen molar-refractivity contribution in [1.29, 1.82) is 0 Å². The van der Waals surface area contributed by atoms with Gasteiger partial charge in [-0.15, -0.1) is 0 Å². The van der Waals surface area contributed by atoms with Gasteiger partial charge in [0.15, 0.2) is 0 Å². The Balaban J connectivity index is 1.41. The van der Waals surface area contributed by atoms with Crippen molar-refractivity contribution >= 4 is 16.2 Å². The number of benzene rings is 1. The first-order valence-electron chi connectivity index (χ1n) is 7.68. The van der Waals surface area contributed by atoms with Gasteiger partial charge in [-0.2, -0.15) is 13.5 Å². The molecule has 0 aliphatic heterocycles. The van der Waals surface area contributed by atoms with Crippen LogP contribution in [-0.4, -0.2) is 14.6 Å². The van der Waals surface area contributed by atoms with E-state index in [0.717, 1.165) is 29.2 Å². The second-order valence-electron chi connectivity index (χ2n) is 6.75. The molecule has 2 bridgehead atoms. The number of nitrogens with one attached hydrogen (secondary N) is 1. The van der Waals surface area contributed by atoms with Crippen LogP contribution in [0.1, 0.15) is 24.8 Å². The van der Waals surface area contributed by atoms with Crippen molar-refractivity contribution < 1.29 is 8.42 Å². The number of rotatable bonds is 4. The van der Waals surface area contributed by atoms with Gasteiger partial charge in [-0.25, -0.2) is 4.83 Å².